The highest BCUT2D eigenvalue weighted by Gasteiger charge is 2.03. The van der Waals surface area contributed by atoms with Gasteiger partial charge in [0.2, 0.25) is 0 Å². The van der Waals surface area contributed by atoms with Crippen molar-refractivity contribution in [2.75, 3.05) is 19.8 Å². The third-order valence-corrected chi connectivity index (χ3v) is 1.51. The van der Waals surface area contributed by atoms with E-state index in [1.165, 1.54) is 0 Å². The van der Waals surface area contributed by atoms with Gasteiger partial charge in [0.05, 0.1) is 0 Å². The number of carbonyl (C=O) groups is 1. The van der Waals surface area contributed by atoms with E-state index in [9.17, 15) is 4.79 Å². The first kappa shape index (κ1) is 12.7. The number of ether oxygens (including phenoxy) is 1. The lowest BCUT2D eigenvalue weighted by molar-refractivity contribution is -0.117. The summed E-state index contributed by atoms with van der Waals surface area (Å²) < 4.78 is 5.21. The zero-order valence-electron chi connectivity index (χ0n) is 8.51. The Morgan fingerprint density at radius 1 is 1.57 bits per heavy atom. The van der Waals surface area contributed by atoms with Gasteiger partial charge in [-0.1, -0.05) is 13.5 Å². The number of rotatable bonds is 7. The van der Waals surface area contributed by atoms with Gasteiger partial charge in [-0.2, -0.15) is 5.26 Å². The number of nitriles is 1. The summed E-state index contributed by atoms with van der Waals surface area (Å²) in [5.74, 6) is -0.400. The number of nitrogens with one attached hydrogen (secondary N) is 1. The Kier molecular flexibility index (Phi) is 7.48. The van der Waals surface area contributed by atoms with Crippen LogP contribution in [0.25, 0.3) is 0 Å². The van der Waals surface area contributed by atoms with Crippen molar-refractivity contribution in [1.29, 1.82) is 5.26 Å². The molecule has 0 aliphatic heterocycles. The van der Waals surface area contributed by atoms with E-state index in [1.807, 2.05) is 6.92 Å². The Bertz CT molecular complexity index is 231. The molecule has 0 rings (SSSR count). The first-order valence-electron chi connectivity index (χ1n) is 4.67. The van der Waals surface area contributed by atoms with Crippen LogP contribution in [-0.2, 0) is 9.53 Å². The van der Waals surface area contributed by atoms with Crippen LogP contribution >= 0.6 is 0 Å². The Hall–Kier alpha value is -1.34. The van der Waals surface area contributed by atoms with Gasteiger partial charge in [-0.3, -0.25) is 4.79 Å². The molecule has 0 fully saturated rings. The normalized spacial score (nSPS) is 9.14. The largest absolute Gasteiger partial charge is 0.381 e. The van der Waals surface area contributed by atoms with Gasteiger partial charge in [-0.15, -0.1) is 0 Å². The third-order valence-electron chi connectivity index (χ3n) is 1.51. The average molecular weight is 196 g/mol. The zero-order valence-corrected chi connectivity index (χ0v) is 8.51. The van der Waals surface area contributed by atoms with Gasteiger partial charge in [0.25, 0.3) is 5.91 Å². The van der Waals surface area contributed by atoms with E-state index in [0.29, 0.717) is 13.2 Å². The second kappa shape index (κ2) is 8.27. The molecule has 0 unspecified atom stereocenters. The zero-order chi connectivity index (χ0) is 10.8. The summed E-state index contributed by atoms with van der Waals surface area (Å²) in [6, 6.07) is 1.69. The Morgan fingerprint density at radius 3 is 2.86 bits per heavy atom. The molecule has 0 aliphatic carbocycles. The van der Waals surface area contributed by atoms with Gasteiger partial charge >= 0.3 is 0 Å². The lowest BCUT2D eigenvalue weighted by Crippen LogP contribution is -2.25. The van der Waals surface area contributed by atoms with Crippen LogP contribution in [0.5, 0.6) is 0 Å². The van der Waals surface area contributed by atoms with E-state index in [4.69, 9.17) is 10.00 Å². The smallest absolute Gasteiger partial charge is 0.261 e. The van der Waals surface area contributed by atoms with Crippen LogP contribution in [0.2, 0.25) is 0 Å². The fraction of sp³-hybridized carbons (Fsp3) is 0.600. The SMILES string of the molecule is C=C(C#N)C(=O)NCCCOCCC. The number of hydrogen-bond donors (Lipinski definition) is 1. The summed E-state index contributed by atoms with van der Waals surface area (Å²) >= 11 is 0. The molecule has 1 amide bonds. The van der Waals surface area contributed by atoms with Crippen LogP contribution in [0, 0.1) is 11.3 Å². The van der Waals surface area contributed by atoms with E-state index in [-0.39, 0.29) is 5.57 Å². The molecule has 0 saturated heterocycles. The van der Waals surface area contributed by atoms with Crippen LogP contribution in [0.1, 0.15) is 19.8 Å². The van der Waals surface area contributed by atoms with Crippen LogP contribution in [0.3, 0.4) is 0 Å². The Balaban J connectivity index is 3.33. The summed E-state index contributed by atoms with van der Waals surface area (Å²) in [4.78, 5) is 11.0. The number of carbonyl (C=O) groups excluding carboxylic acids is 1. The minimum absolute atomic E-state index is 0.0560. The lowest BCUT2D eigenvalue weighted by Gasteiger charge is -2.03. The van der Waals surface area contributed by atoms with E-state index in [0.717, 1.165) is 19.4 Å². The predicted octanol–water partition coefficient (Wildman–Crippen LogP) is 0.999. The van der Waals surface area contributed by atoms with Crippen molar-refractivity contribution >= 4 is 5.91 Å². The fourth-order valence-corrected chi connectivity index (χ4v) is 0.780. The second-order valence-electron chi connectivity index (χ2n) is 2.81. The Labute approximate surface area is 84.6 Å². The predicted molar refractivity (Wildman–Crippen MR) is 53.5 cm³/mol. The van der Waals surface area contributed by atoms with Crippen molar-refractivity contribution in [3.8, 4) is 6.07 Å². The monoisotopic (exact) mass is 196 g/mol. The topological polar surface area (TPSA) is 62.1 Å². The number of nitrogens with zero attached hydrogens (tertiary/aromatic N) is 1. The van der Waals surface area contributed by atoms with E-state index in [1.54, 1.807) is 6.07 Å². The molecule has 0 bridgehead atoms. The van der Waals surface area contributed by atoms with Gasteiger partial charge in [0, 0.05) is 19.8 Å². The standard InChI is InChI=1S/C10H16N2O2/c1-3-6-14-7-4-5-12-10(13)9(2)8-11/h2-7H2,1H3,(H,12,13). The molecule has 1 N–H and O–H groups in total. The second-order valence-corrected chi connectivity index (χ2v) is 2.81. The van der Waals surface area contributed by atoms with E-state index < -0.39 is 5.91 Å². The molecular weight excluding hydrogens is 180 g/mol. The molecular formula is C10H16N2O2. The molecule has 0 atom stereocenters. The van der Waals surface area contributed by atoms with Crippen molar-refractivity contribution in [2.24, 2.45) is 0 Å². The van der Waals surface area contributed by atoms with Crippen LogP contribution < -0.4 is 5.32 Å². The summed E-state index contributed by atoms with van der Waals surface area (Å²) in [5.41, 5.74) is -0.0560. The molecule has 0 radical (unpaired) electrons. The highest BCUT2D eigenvalue weighted by molar-refractivity contribution is 5.96. The van der Waals surface area contributed by atoms with Crippen molar-refractivity contribution in [3.05, 3.63) is 12.2 Å². The molecule has 4 heteroatoms. The molecule has 0 saturated carbocycles. The van der Waals surface area contributed by atoms with E-state index in [2.05, 4.69) is 11.9 Å². The molecule has 0 spiro atoms. The fourth-order valence-electron chi connectivity index (χ4n) is 0.780. The van der Waals surface area contributed by atoms with Gasteiger partial charge < -0.3 is 10.1 Å². The minimum atomic E-state index is -0.400. The molecule has 0 aromatic carbocycles. The van der Waals surface area contributed by atoms with Crippen LogP contribution in [-0.4, -0.2) is 25.7 Å². The van der Waals surface area contributed by atoms with Crippen LogP contribution in [0.15, 0.2) is 12.2 Å². The highest BCUT2D eigenvalue weighted by Crippen LogP contribution is 1.87. The summed E-state index contributed by atoms with van der Waals surface area (Å²) in [7, 11) is 0. The third kappa shape index (κ3) is 6.21. The van der Waals surface area contributed by atoms with Gasteiger partial charge in [-0.25, -0.2) is 0 Å². The quantitative estimate of drug-likeness (QED) is 0.375. The average Bonchev–Trinajstić information content (AvgIpc) is 2.21. The van der Waals surface area contributed by atoms with Crippen molar-refractivity contribution in [1.82, 2.24) is 5.32 Å². The first-order valence-corrected chi connectivity index (χ1v) is 4.67. The molecule has 0 aromatic heterocycles. The number of amides is 1. The molecule has 4 nitrogen and oxygen atoms in total. The molecule has 0 heterocycles. The first-order chi connectivity index (χ1) is 6.72. The molecule has 78 valence electrons. The maximum atomic E-state index is 11.0. The van der Waals surface area contributed by atoms with Crippen molar-refractivity contribution < 1.29 is 9.53 Å². The molecule has 14 heavy (non-hydrogen) atoms. The van der Waals surface area contributed by atoms with Crippen molar-refractivity contribution in [3.63, 3.8) is 0 Å². The number of hydrogen-bond acceptors (Lipinski definition) is 3. The lowest BCUT2D eigenvalue weighted by atomic mass is 10.3. The summed E-state index contributed by atoms with van der Waals surface area (Å²) in [6.45, 7) is 7.24. The maximum Gasteiger partial charge on any atom is 0.261 e. The summed E-state index contributed by atoms with van der Waals surface area (Å²) in [5, 5.41) is 10.9. The molecule has 0 aliphatic rings. The van der Waals surface area contributed by atoms with E-state index >= 15 is 0 Å². The summed E-state index contributed by atoms with van der Waals surface area (Å²) in [6.07, 6.45) is 1.75. The minimum Gasteiger partial charge on any atom is -0.381 e. The molecule has 0 aromatic rings. The van der Waals surface area contributed by atoms with Crippen LogP contribution in [0.4, 0.5) is 0 Å². The maximum absolute atomic E-state index is 11.0. The van der Waals surface area contributed by atoms with Crippen molar-refractivity contribution in [2.45, 2.75) is 19.8 Å². The van der Waals surface area contributed by atoms with Gasteiger partial charge in [0.1, 0.15) is 11.6 Å². The Morgan fingerprint density at radius 2 is 2.29 bits per heavy atom. The van der Waals surface area contributed by atoms with Gasteiger partial charge in [-0.05, 0) is 12.8 Å². The highest BCUT2D eigenvalue weighted by atomic mass is 16.5. The van der Waals surface area contributed by atoms with Gasteiger partial charge in [0.15, 0.2) is 0 Å².